The Morgan fingerprint density at radius 2 is 1.43 bits per heavy atom. The predicted molar refractivity (Wildman–Crippen MR) is 42.0 cm³/mol. The fraction of sp³-hybridized carbons (Fsp3) is 1.00. The van der Waals surface area contributed by atoms with Crippen LogP contribution in [0.2, 0.25) is 0 Å². The van der Waals surface area contributed by atoms with Crippen LogP contribution in [0.4, 0.5) is 0 Å². The molecular weight excluding hydrogens is 196 g/mol. The van der Waals surface area contributed by atoms with Crippen LogP contribution in [0.1, 0.15) is 0 Å². The third-order valence-corrected chi connectivity index (χ3v) is 2.40. The van der Waals surface area contributed by atoms with Gasteiger partial charge in [-0.05, 0) is 0 Å². The van der Waals surface area contributed by atoms with Crippen molar-refractivity contribution in [1.29, 1.82) is 0 Å². The maximum absolute atomic E-state index is 9.41. The summed E-state index contributed by atoms with van der Waals surface area (Å²) in [5.41, 5.74) is -1.85. The van der Waals surface area contributed by atoms with Gasteiger partial charge in [0.1, 0.15) is 23.9 Å². The zero-order chi connectivity index (χ0) is 10.9. The first kappa shape index (κ1) is 11.8. The van der Waals surface area contributed by atoms with Gasteiger partial charge in [0.25, 0.3) is 0 Å². The van der Waals surface area contributed by atoms with E-state index in [1.165, 1.54) is 0 Å². The minimum Gasteiger partial charge on any atom is -0.393 e. The van der Waals surface area contributed by atoms with E-state index in [0.29, 0.717) is 0 Å². The SMILES string of the molecule is OCC1(CO)OC(O)[C@@H](O)[C@@H](O)[C@@H]1O. The number of aliphatic hydroxyl groups is 6. The third-order valence-electron chi connectivity index (χ3n) is 2.40. The molecule has 0 aromatic rings. The number of ether oxygens (including phenoxy) is 1. The number of rotatable bonds is 2. The summed E-state index contributed by atoms with van der Waals surface area (Å²) in [6.45, 7) is -1.57. The minimum atomic E-state index is -1.85. The molecule has 0 aromatic carbocycles. The average Bonchev–Trinajstić information content (AvgIpc) is 2.21. The molecule has 0 aromatic heterocycles. The highest BCUT2D eigenvalue weighted by Gasteiger charge is 2.52. The van der Waals surface area contributed by atoms with E-state index in [9.17, 15) is 10.2 Å². The summed E-state index contributed by atoms with van der Waals surface area (Å²) in [4.78, 5) is 0. The van der Waals surface area contributed by atoms with E-state index < -0.39 is 43.4 Å². The highest BCUT2D eigenvalue weighted by molar-refractivity contribution is 4.99. The van der Waals surface area contributed by atoms with Crippen molar-refractivity contribution in [3.63, 3.8) is 0 Å². The first-order chi connectivity index (χ1) is 6.48. The van der Waals surface area contributed by atoms with Gasteiger partial charge in [0.2, 0.25) is 0 Å². The lowest BCUT2D eigenvalue weighted by Gasteiger charge is -2.45. The summed E-state index contributed by atoms with van der Waals surface area (Å²) in [6, 6.07) is 0. The van der Waals surface area contributed by atoms with Crippen molar-refractivity contribution >= 4 is 0 Å². The Labute approximate surface area is 79.8 Å². The van der Waals surface area contributed by atoms with Gasteiger partial charge in [0.15, 0.2) is 6.29 Å². The molecule has 7 heteroatoms. The standard InChI is InChI=1S/C7H14O7/c8-1-7(2-9)5(12)3(10)4(11)6(13)14-7/h3-6,8-13H,1-2H2/t3-,4+,5+,6?/m1/s1. The molecule has 1 aliphatic heterocycles. The van der Waals surface area contributed by atoms with Gasteiger partial charge in [-0.25, -0.2) is 0 Å². The highest BCUT2D eigenvalue weighted by Crippen LogP contribution is 2.28. The number of hydrogen-bond acceptors (Lipinski definition) is 7. The van der Waals surface area contributed by atoms with E-state index in [1.807, 2.05) is 0 Å². The Balaban J connectivity index is 2.88. The molecule has 1 rings (SSSR count). The molecule has 0 amide bonds. The van der Waals surface area contributed by atoms with Gasteiger partial charge in [-0.1, -0.05) is 0 Å². The molecule has 6 N–H and O–H groups in total. The smallest absolute Gasteiger partial charge is 0.184 e. The van der Waals surface area contributed by atoms with Crippen molar-refractivity contribution in [2.75, 3.05) is 13.2 Å². The molecule has 84 valence electrons. The van der Waals surface area contributed by atoms with Crippen LogP contribution in [0.5, 0.6) is 0 Å². The Morgan fingerprint density at radius 1 is 0.929 bits per heavy atom. The van der Waals surface area contributed by atoms with Gasteiger partial charge >= 0.3 is 0 Å². The van der Waals surface area contributed by atoms with Gasteiger partial charge in [0, 0.05) is 0 Å². The van der Waals surface area contributed by atoms with Crippen LogP contribution in [0.25, 0.3) is 0 Å². The monoisotopic (exact) mass is 210 g/mol. The molecule has 1 unspecified atom stereocenters. The van der Waals surface area contributed by atoms with E-state index in [1.54, 1.807) is 0 Å². The van der Waals surface area contributed by atoms with Gasteiger partial charge in [0.05, 0.1) is 13.2 Å². The van der Waals surface area contributed by atoms with E-state index in [-0.39, 0.29) is 0 Å². The summed E-state index contributed by atoms with van der Waals surface area (Å²) in [6.07, 6.45) is -6.78. The Bertz CT molecular complexity index is 192. The van der Waals surface area contributed by atoms with Crippen LogP contribution in [-0.2, 0) is 4.74 Å². The molecule has 1 saturated heterocycles. The van der Waals surface area contributed by atoms with E-state index in [2.05, 4.69) is 4.74 Å². The second-order valence-electron chi connectivity index (χ2n) is 3.32. The highest BCUT2D eigenvalue weighted by atomic mass is 16.7. The van der Waals surface area contributed by atoms with Gasteiger partial charge in [-0.15, -0.1) is 0 Å². The lowest BCUT2D eigenvalue weighted by atomic mass is 9.88. The number of aliphatic hydroxyl groups excluding tert-OH is 6. The van der Waals surface area contributed by atoms with Crippen LogP contribution in [0, 0.1) is 0 Å². The zero-order valence-electron chi connectivity index (χ0n) is 7.32. The molecule has 1 fully saturated rings. The van der Waals surface area contributed by atoms with Crippen molar-refractivity contribution in [2.45, 2.75) is 30.2 Å². The summed E-state index contributed by atoms with van der Waals surface area (Å²) >= 11 is 0. The quantitative estimate of drug-likeness (QED) is 0.275. The minimum absolute atomic E-state index is 0.786. The summed E-state index contributed by atoms with van der Waals surface area (Å²) < 4.78 is 4.66. The van der Waals surface area contributed by atoms with Crippen molar-refractivity contribution in [3.05, 3.63) is 0 Å². The molecule has 7 nitrogen and oxygen atoms in total. The van der Waals surface area contributed by atoms with Gasteiger partial charge in [-0.3, -0.25) is 0 Å². The largest absolute Gasteiger partial charge is 0.393 e. The molecule has 0 radical (unpaired) electrons. The van der Waals surface area contributed by atoms with Crippen molar-refractivity contribution in [1.82, 2.24) is 0 Å². The Morgan fingerprint density at radius 3 is 1.86 bits per heavy atom. The van der Waals surface area contributed by atoms with Crippen LogP contribution >= 0.6 is 0 Å². The molecular formula is C7H14O7. The fourth-order valence-electron chi connectivity index (χ4n) is 1.36. The lowest BCUT2D eigenvalue weighted by Crippen LogP contribution is -2.67. The predicted octanol–water partition coefficient (Wildman–Crippen LogP) is -3.86. The molecule has 0 spiro atoms. The molecule has 0 saturated carbocycles. The average molecular weight is 210 g/mol. The Kier molecular flexibility index (Phi) is 3.43. The van der Waals surface area contributed by atoms with E-state index in [4.69, 9.17) is 20.4 Å². The second-order valence-corrected chi connectivity index (χ2v) is 3.32. The topological polar surface area (TPSA) is 131 Å². The first-order valence-corrected chi connectivity index (χ1v) is 4.10. The molecule has 1 heterocycles. The molecule has 14 heavy (non-hydrogen) atoms. The first-order valence-electron chi connectivity index (χ1n) is 4.10. The van der Waals surface area contributed by atoms with Crippen molar-refractivity contribution < 1.29 is 35.4 Å². The Hall–Kier alpha value is -0.280. The van der Waals surface area contributed by atoms with Crippen LogP contribution < -0.4 is 0 Å². The van der Waals surface area contributed by atoms with Gasteiger partial charge in [-0.2, -0.15) is 0 Å². The normalized spacial score (nSPS) is 42.4. The lowest BCUT2D eigenvalue weighted by molar-refractivity contribution is -0.333. The summed E-state index contributed by atoms with van der Waals surface area (Å²) in [7, 11) is 0. The maximum Gasteiger partial charge on any atom is 0.184 e. The summed E-state index contributed by atoms with van der Waals surface area (Å²) in [5.74, 6) is 0. The summed E-state index contributed by atoms with van der Waals surface area (Å²) in [5, 5.41) is 54.6. The number of hydrogen-bond donors (Lipinski definition) is 6. The maximum atomic E-state index is 9.41. The van der Waals surface area contributed by atoms with Crippen molar-refractivity contribution in [3.8, 4) is 0 Å². The van der Waals surface area contributed by atoms with Crippen LogP contribution in [0.3, 0.4) is 0 Å². The molecule has 0 aliphatic carbocycles. The molecule has 4 atom stereocenters. The second kappa shape index (κ2) is 4.07. The van der Waals surface area contributed by atoms with Crippen LogP contribution in [0.15, 0.2) is 0 Å². The zero-order valence-corrected chi connectivity index (χ0v) is 7.32. The molecule has 1 aliphatic rings. The van der Waals surface area contributed by atoms with E-state index in [0.717, 1.165) is 0 Å². The van der Waals surface area contributed by atoms with E-state index >= 15 is 0 Å². The molecule has 0 bridgehead atoms. The fourth-order valence-corrected chi connectivity index (χ4v) is 1.36. The third kappa shape index (κ3) is 1.63. The van der Waals surface area contributed by atoms with Crippen LogP contribution in [-0.4, -0.2) is 74.1 Å². The van der Waals surface area contributed by atoms with Gasteiger partial charge < -0.3 is 35.4 Å². The van der Waals surface area contributed by atoms with Crippen molar-refractivity contribution in [2.24, 2.45) is 0 Å².